The summed E-state index contributed by atoms with van der Waals surface area (Å²) in [6.45, 7) is 4.83. The highest BCUT2D eigenvalue weighted by Crippen LogP contribution is 2.14. The second-order valence-electron chi connectivity index (χ2n) is 5.57. The zero-order chi connectivity index (χ0) is 16.1. The van der Waals surface area contributed by atoms with Crippen molar-refractivity contribution in [2.45, 2.75) is 6.42 Å². The lowest BCUT2D eigenvalue weighted by molar-refractivity contribution is -0.384. The Morgan fingerprint density at radius 1 is 1.09 bits per heavy atom. The summed E-state index contributed by atoms with van der Waals surface area (Å²) in [6.07, 6.45) is 6.11. The average Bonchev–Trinajstić information content (AvgIpc) is 2.61. The van der Waals surface area contributed by atoms with Crippen molar-refractivity contribution in [1.29, 1.82) is 0 Å². The highest BCUT2D eigenvalue weighted by atomic mass is 16.6. The Balaban J connectivity index is 1.46. The molecule has 1 aromatic heterocycles. The molecular formula is C16H19N5O2. The van der Waals surface area contributed by atoms with E-state index >= 15 is 0 Å². The molecule has 1 saturated heterocycles. The van der Waals surface area contributed by atoms with Crippen LogP contribution in [0.1, 0.15) is 5.56 Å². The largest absolute Gasteiger partial charge is 0.353 e. The van der Waals surface area contributed by atoms with Crippen molar-refractivity contribution >= 4 is 11.5 Å². The Morgan fingerprint density at radius 2 is 1.83 bits per heavy atom. The molecule has 0 amide bonds. The standard InChI is InChI=1S/C16H19N5O2/c22-21(23)15-3-1-14(2-4-15)5-8-19-9-11-20(12-10-19)16-13-17-6-7-18-16/h1-4,6-7,13H,5,8-12H2. The molecule has 0 radical (unpaired) electrons. The molecule has 1 aliphatic rings. The SMILES string of the molecule is O=[N+]([O-])c1ccc(CCN2CCN(c3cnccn3)CC2)cc1. The van der Waals surface area contributed by atoms with Crippen molar-refractivity contribution in [2.75, 3.05) is 37.6 Å². The molecule has 120 valence electrons. The number of hydrogen-bond donors (Lipinski definition) is 0. The van der Waals surface area contributed by atoms with Gasteiger partial charge in [0.25, 0.3) is 5.69 Å². The van der Waals surface area contributed by atoms with Crippen LogP contribution < -0.4 is 4.90 Å². The van der Waals surface area contributed by atoms with Gasteiger partial charge in [-0.3, -0.25) is 20.0 Å². The molecule has 0 unspecified atom stereocenters. The zero-order valence-corrected chi connectivity index (χ0v) is 12.8. The Morgan fingerprint density at radius 3 is 2.43 bits per heavy atom. The van der Waals surface area contributed by atoms with Crippen LogP contribution in [0.25, 0.3) is 0 Å². The Bertz CT molecular complexity index is 639. The molecule has 23 heavy (non-hydrogen) atoms. The third-order valence-corrected chi connectivity index (χ3v) is 4.11. The number of anilines is 1. The highest BCUT2D eigenvalue weighted by Gasteiger charge is 2.17. The van der Waals surface area contributed by atoms with Crippen molar-refractivity contribution in [2.24, 2.45) is 0 Å². The zero-order valence-electron chi connectivity index (χ0n) is 12.8. The smallest absolute Gasteiger partial charge is 0.269 e. The van der Waals surface area contributed by atoms with Gasteiger partial charge in [-0.05, 0) is 12.0 Å². The molecule has 7 nitrogen and oxygen atoms in total. The number of nitro groups is 1. The summed E-state index contributed by atoms with van der Waals surface area (Å²) in [5.74, 6) is 0.933. The van der Waals surface area contributed by atoms with E-state index in [1.807, 2.05) is 12.1 Å². The van der Waals surface area contributed by atoms with E-state index in [1.165, 1.54) is 0 Å². The maximum atomic E-state index is 10.6. The van der Waals surface area contributed by atoms with Crippen LogP contribution in [-0.4, -0.2) is 52.5 Å². The van der Waals surface area contributed by atoms with Gasteiger partial charge >= 0.3 is 0 Å². The number of nitrogens with zero attached hydrogens (tertiary/aromatic N) is 5. The van der Waals surface area contributed by atoms with Crippen molar-refractivity contribution in [3.8, 4) is 0 Å². The number of non-ortho nitro benzene ring substituents is 1. The lowest BCUT2D eigenvalue weighted by Crippen LogP contribution is -2.47. The number of nitro benzene ring substituents is 1. The monoisotopic (exact) mass is 313 g/mol. The fourth-order valence-electron chi connectivity index (χ4n) is 2.73. The van der Waals surface area contributed by atoms with E-state index in [2.05, 4.69) is 19.8 Å². The summed E-state index contributed by atoms with van der Waals surface area (Å²) in [4.78, 5) is 23.4. The maximum Gasteiger partial charge on any atom is 0.269 e. The van der Waals surface area contributed by atoms with Crippen LogP contribution in [0.3, 0.4) is 0 Å². The molecule has 1 fully saturated rings. The van der Waals surface area contributed by atoms with Gasteiger partial charge in [-0.15, -0.1) is 0 Å². The number of hydrogen-bond acceptors (Lipinski definition) is 6. The minimum Gasteiger partial charge on any atom is -0.353 e. The van der Waals surface area contributed by atoms with Crippen LogP contribution in [-0.2, 0) is 6.42 Å². The van der Waals surface area contributed by atoms with Crippen molar-refractivity contribution in [3.05, 3.63) is 58.5 Å². The second kappa shape index (κ2) is 7.15. The van der Waals surface area contributed by atoms with Gasteiger partial charge in [0.2, 0.25) is 0 Å². The van der Waals surface area contributed by atoms with Crippen LogP contribution in [0.2, 0.25) is 0 Å². The Hall–Kier alpha value is -2.54. The quantitative estimate of drug-likeness (QED) is 0.618. The normalized spacial score (nSPS) is 15.6. The van der Waals surface area contributed by atoms with Gasteiger partial charge in [0.1, 0.15) is 5.82 Å². The Kier molecular flexibility index (Phi) is 4.77. The van der Waals surface area contributed by atoms with E-state index in [9.17, 15) is 10.1 Å². The van der Waals surface area contributed by atoms with E-state index in [-0.39, 0.29) is 10.6 Å². The van der Waals surface area contributed by atoms with Crippen LogP contribution in [0.15, 0.2) is 42.9 Å². The molecule has 0 aliphatic carbocycles. The summed E-state index contributed by atoms with van der Waals surface area (Å²) in [5.41, 5.74) is 1.28. The van der Waals surface area contributed by atoms with E-state index in [0.29, 0.717) is 0 Å². The van der Waals surface area contributed by atoms with Crippen molar-refractivity contribution < 1.29 is 4.92 Å². The summed E-state index contributed by atoms with van der Waals surface area (Å²) in [7, 11) is 0. The van der Waals surface area contributed by atoms with E-state index in [0.717, 1.165) is 50.5 Å². The lowest BCUT2D eigenvalue weighted by atomic mass is 10.1. The van der Waals surface area contributed by atoms with Gasteiger partial charge in [-0.2, -0.15) is 0 Å². The first kappa shape index (κ1) is 15.4. The van der Waals surface area contributed by atoms with Crippen LogP contribution in [0.4, 0.5) is 11.5 Å². The van der Waals surface area contributed by atoms with Gasteiger partial charge in [-0.25, -0.2) is 4.98 Å². The number of benzene rings is 1. The number of aromatic nitrogens is 2. The molecule has 2 aromatic rings. The minimum atomic E-state index is -0.366. The molecule has 1 aromatic carbocycles. The predicted molar refractivity (Wildman–Crippen MR) is 87.5 cm³/mol. The van der Waals surface area contributed by atoms with Crippen molar-refractivity contribution in [3.63, 3.8) is 0 Å². The first-order valence-corrected chi connectivity index (χ1v) is 7.69. The average molecular weight is 313 g/mol. The van der Waals surface area contributed by atoms with Gasteiger partial charge in [-0.1, -0.05) is 12.1 Å². The van der Waals surface area contributed by atoms with E-state index in [1.54, 1.807) is 30.7 Å². The molecule has 2 heterocycles. The van der Waals surface area contributed by atoms with Crippen LogP contribution >= 0.6 is 0 Å². The van der Waals surface area contributed by atoms with Crippen LogP contribution in [0, 0.1) is 10.1 Å². The third kappa shape index (κ3) is 4.01. The minimum absolute atomic E-state index is 0.145. The van der Waals surface area contributed by atoms with Gasteiger partial charge in [0.05, 0.1) is 11.1 Å². The lowest BCUT2D eigenvalue weighted by Gasteiger charge is -2.35. The molecule has 3 rings (SSSR count). The molecule has 0 bridgehead atoms. The fraction of sp³-hybridized carbons (Fsp3) is 0.375. The highest BCUT2D eigenvalue weighted by molar-refractivity contribution is 5.35. The molecular weight excluding hydrogens is 294 g/mol. The molecule has 0 spiro atoms. The first-order chi connectivity index (χ1) is 11.2. The van der Waals surface area contributed by atoms with Gasteiger partial charge < -0.3 is 4.90 Å². The molecule has 0 N–H and O–H groups in total. The summed E-state index contributed by atoms with van der Waals surface area (Å²) >= 11 is 0. The maximum absolute atomic E-state index is 10.6. The fourth-order valence-corrected chi connectivity index (χ4v) is 2.73. The summed E-state index contributed by atoms with van der Waals surface area (Å²) in [5, 5.41) is 10.6. The van der Waals surface area contributed by atoms with Crippen molar-refractivity contribution in [1.82, 2.24) is 14.9 Å². The first-order valence-electron chi connectivity index (χ1n) is 7.69. The summed E-state index contributed by atoms with van der Waals surface area (Å²) in [6, 6.07) is 6.82. The van der Waals surface area contributed by atoms with E-state index < -0.39 is 0 Å². The van der Waals surface area contributed by atoms with Gasteiger partial charge in [0.15, 0.2) is 0 Å². The second-order valence-corrected chi connectivity index (χ2v) is 5.57. The molecule has 0 atom stereocenters. The van der Waals surface area contributed by atoms with Crippen LogP contribution in [0.5, 0.6) is 0 Å². The summed E-state index contributed by atoms with van der Waals surface area (Å²) < 4.78 is 0. The predicted octanol–water partition coefficient (Wildman–Crippen LogP) is 1.75. The molecule has 0 saturated carbocycles. The van der Waals surface area contributed by atoms with E-state index in [4.69, 9.17) is 0 Å². The molecule has 7 heteroatoms. The number of rotatable bonds is 5. The number of piperazine rings is 1. The topological polar surface area (TPSA) is 75.4 Å². The van der Waals surface area contributed by atoms with Gasteiger partial charge in [0, 0.05) is 57.3 Å². The molecule has 1 aliphatic heterocycles. The third-order valence-electron chi connectivity index (χ3n) is 4.11. The Labute approximate surface area is 134 Å².